The molecule has 0 spiro atoms. The van der Waals surface area contributed by atoms with Gasteiger partial charge >= 0.3 is 6.03 Å². The Bertz CT molecular complexity index is 835. The molecule has 0 bridgehead atoms. The molecule has 9 heteroatoms. The van der Waals surface area contributed by atoms with Crippen LogP contribution in [-0.4, -0.2) is 49.6 Å². The summed E-state index contributed by atoms with van der Waals surface area (Å²) in [5.74, 6) is -2.46. The van der Waals surface area contributed by atoms with Gasteiger partial charge < -0.3 is 20.4 Å². The zero-order chi connectivity index (χ0) is 20.1. The number of hydrogen-bond acceptors (Lipinski definition) is 3. The van der Waals surface area contributed by atoms with E-state index < -0.39 is 29.3 Å². The molecule has 1 fully saturated rings. The number of hydrogen-bond donors (Lipinski definition) is 2. The summed E-state index contributed by atoms with van der Waals surface area (Å²) in [4.78, 5) is 27.8. The number of urea groups is 1. The standard InChI is InChI=1S/C19H19ClF2N4O2/c20-13-4-6-14(7-5-13)25-8-10-26(11-9-25)19(28)23-12-17(27)24-18-15(21)2-1-3-16(18)22/h1-7H,8-12H2,(H,23,28)(H,24,27). The number of para-hydroxylation sites is 1. The first-order valence-corrected chi connectivity index (χ1v) is 9.09. The van der Waals surface area contributed by atoms with Gasteiger partial charge in [0.15, 0.2) is 0 Å². The number of nitrogens with one attached hydrogen (secondary N) is 2. The fraction of sp³-hybridized carbons (Fsp3) is 0.263. The van der Waals surface area contributed by atoms with Crippen molar-refractivity contribution in [2.24, 2.45) is 0 Å². The van der Waals surface area contributed by atoms with Crippen molar-refractivity contribution in [2.75, 3.05) is 42.9 Å². The molecule has 0 aromatic heterocycles. The van der Waals surface area contributed by atoms with Crippen LogP contribution < -0.4 is 15.5 Å². The van der Waals surface area contributed by atoms with E-state index >= 15 is 0 Å². The molecular weight excluding hydrogens is 390 g/mol. The SMILES string of the molecule is O=C(CNC(=O)N1CCN(c2ccc(Cl)cc2)CC1)Nc1c(F)cccc1F. The maximum absolute atomic E-state index is 13.5. The summed E-state index contributed by atoms with van der Waals surface area (Å²) in [6.07, 6.45) is 0. The monoisotopic (exact) mass is 408 g/mol. The molecule has 0 radical (unpaired) electrons. The van der Waals surface area contributed by atoms with Gasteiger partial charge in [0.25, 0.3) is 0 Å². The van der Waals surface area contributed by atoms with Crippen molar-refractivity contribution in [3.63, 3.8) is 0 Å². The molecule has 6 nitrogen and oxygen atoms in total. The summed E-state index contributed by atoms with van der Waals surface area (Å²) in [5, 5.41) is 5.26. The van der Waals surface area contributed by atoms with Gasteiger partial charge in [-0.1, -0.05) is 17.7 Å². The molecule has 1 heterocycles. The summed E-state index contributed by atoms with van der Waals surface area (Å²) in [6, 6.07) is 10.3. The quantitative estimate of drug-likeness (QED) is 0.817. The first-order chi connectivity index (χ1) is 13.4. The number of carbonyl (C=O) groups is 2. The van der Waals surface area contributed by atoms with E-state index in [0.29, 0.717) is 31.2 Å². The molecule has 2 aromatic carbocycles. The molecule has 0 unspecified atom stereocenters. The third kappa shape index (κ3) is 4.89. The van der Waals surface area contributed by atoms with Gasteiger partial charge in [-0.25, -0.2) is 13.6 Å². The van der Waals surface area contributed by atoms with Crippen LogP contribution in [-0.2, 0) is 4.79 Å². The molecule has 28 heavy (non-hydrogen) atoms. The maximum atomic E-state index is 13.5. The van der Waals surface area contributed by atoms with Crippen molar-refractivity contribution in [1.82, 2.24) is 10.2 Å². The van der Waals surface area contributed by atoms with E-state index in [2.05, 4.69) is 15.5 Å². The summed E-state index contributed by atoms with van der Waals surface area (Å²) in [7, 11) is 0. The van der Waals surface area contributed by atoms with E-state index in [1.807, 2.05) is 24.3 Å². The average Bonchev–Trinajstić information content (AvgIpc) is 2.70. The molecule has 0 atom stereocenters. The number of rotatable bonds is 4. The highest BCUT2D eigenvalue weighted by molar-refractivity contribution is 6.30. The van der Waals surface area contributed by atoms with Gasteiger partial charge in [-0.2, -0.15) is 0 Å². The lowest BCUT2D eigenvalue weighted by Crippen LogP contribution is -2.52. The summed E-state index contributed by atoms with van der Waals surface area (Å²) >= 11 is 5.89. The van der Waals surface area contributed by atoms with Crippen molar-refractivity contribution in [3.05, 3.63) is 59.1 Å². The first-order valence-electron chi connectivity index (χ1n) is 8.71. The Morgan fingerprint density at radius 2 is 1.57 bits per heavy atom. The van der Waals surface area contributed by atoms with E-state index in [-0.39, 0.29) is 6.54 Å². The molecule has 2 N–H and O–H groups in total. The van der Waals surface area contributed by atoms with Crippen molar-refractivity contribution >= 4 is 34.9 Å². The summed E-state index contributed by atoms with van der Waals surface area (Å²) in [5.41, 5.74) is 0.495. The van der Waals surface area contributed by atoms with Gasteiger partial charge in [0, 0.05) is 36.9 Å². The zero-order valence-electron chi connectivity index (χ0n) is 14.9. The second-order valence-electron chi connectivity index (χ2n) is 6.25. The number of carbonyl (C=O) groups excluding carboxylic acids is 2. The molecule has 1 saturated heterocycles. The minimum Gasteiger partial charge on any atom is -0.368 e. The van der Waals surface area contributed by atoms with E-state index in [1.165, 1.54) is 6.07 Å². The molecule has 0 saturated carbocycles. The highest BCUT2D eigenvalue weighted by atomic mass is 35.5. The minimum absolute atomic E-state index is 0.385. The number of benzene rings is 2. The zero-order valence-corrected chi connectivity index (χ0v) is 15.7. The Labute approximate surface area is 166 Å². The molecule has 3 amide bonds. The van der Waals surface area contributed by atoms with E-state index in [9.17, 15) is 18.4 Å². The van der Waals surface area contributed by atoms with Crippen LogP contribution in [0.25, 0.3) is 0 Å². The van der Waals surface area contributed by atoms with Crippen molar-refractivity contribution in [2.45, 2.75) is 0 Å². The van der Waals surface area contributed by atoms with Crippen molar-refractivity contribution in [3.8, 4) is 0 Å². The van der Waals surface area contributed by atoms with Crippen LogP contribution in [0.3, 0.4) is 0 Å². The van der Waals surface area contributed by atoms with Gasteiger partial charge in [0.2, 0.25) is 5.91 Å². The molecule has 2 aromatic rings. The van der Waals surface area contributed by atoms with Crippen LogP contribution in [0.1, 0.15) is 0 Å². The van der Waals surface area contributed by atoms with Crippen molar-refractivity contribution < 1.29 is 18.4 Å². The number of nitrogens with zero attached hydrogens (tertiary/aromatic N) is 2. The molecule has 0 aliphatic carbocycles. The Morgan fingerprint density at radius 3 is 2.18 bits per heavy atom. The predicted molar refractivity (Wildman–Crippen MR) is 104 cm³/mol. The van der Waals surface area contributed by atoms with E-state index in [1.54, 1.807) is 4.90 Å². The lowest BCUT2D eigenvalue weighted by Gasteiger charge is -2.36. The molecule has 3 rings (SSSR count). The van der Waals surface area contributed by atoms with Crippen LogP contribution in [0.2, 0.25) is 5.02 Å². The molecule has 148 valence electrons. The molecule has 1 aliphatic heterocycles. The fourth-order valence-corrected chi connectivity index (χ4v) is 3.01. The average molecular weight is 409 g/mol. The minimum atomic E-state index is -0.877. The second-order valence-corrected chi connectivity index (χ2v) is 6.69. The summed E-state index contributed by atoms with van der Waals surface area (Å²) < 4.78 is 27.1. The Morgan fingerprint density at radius 1 is 0.964 bits per heavy atom. The Hall–Kier alpha value is -2.87. The van der Waals surface area contributed by atoms with Crippen LogP contribution in [0, 0.1) is 11.6 Å². The third-order valence-corrected chi connectivity index (χ3v) is 4.64. The van der Waals surface area contributed by atoms with E-state index in [4.69, 9.17) is 11.6 Å². The highest BCUT2D eigenvalue weighted by Crippen LogP contribution is 2.20. The molecular formula is C19H19ClF2N4O2. The Kier molecular flexibility index (Phi) is 6.30. The van der Waals surface area contributed by atoms with Gasteiger partial charge in [-0.3, -0.25) is 4.79 Å². The van der Waals surface area contributed by atoms with Gasteiger partial charge in [-0.05, 0) is 36.4 Å². The van der Waals surface area contributed by atoms with Crippen molar-refractivity contribution in [1.29, 1.82) is 0 Å². The highest BCUT2D eigenvalue weighted by Gasteiger charge is 2.22. The summed E-state index contributed by atoms with van der Waals surface area (Å²) in [6.45, 7) is 1.86. The Balaban J connectivity index is 1.45. The lowest BCUT2D eigenvalue weighted by molar-refractivity contribution is -0.115. The molecule has 1 aliphatic rings. The van der Waals surface area contributed by atoms with Crippen LogP contribution >= 0.6 is 11.6 Å². The first kappa shape index (κ1) is 19.9. The normalized spacial score (nSPS) is 14.0. The second kappa shape index (κ2) is 8.88. The smallest absolute Gasteiger partial charge is 0.317 e. The largest absolute Gasteiger partial charge is 0.368 e. The van der Waals surface area contributed by atoms with Crippen LogP contribution in [0.4, 0.5) is 25.0 Å². The fourth-order valence-electron chi connectivity index (χ4n) is 2.89. The predicted octanol–water partition coefficient (Wildman–Crippen LogP) is 3.09. The van der Waals surface area contributed by atoms with Gasteiger partial charge in [0.1, 0.15) is 17.3 Å². The number of piperazine rings is 1. The number of halogens is 3. The van der Waals surface area contributed by atoms with Crippen LogP contribution in [0.5, 0.6) is 0 Å². The van der Waals surface area contributed by atoms with Crippen LogP contribution in [0.15, 0.2) is 42.5 Å². The van der Waals surface area contributed by atoms with Gasteiger partial charge in [-0.15, -0.1) is 0 Å². The van der Waals surface area contributed by atoms with E-state index in [0.717, 1.165) is 17.8 Å². The lowest BCUT2D eigenvalue weighted by atomic mass is 10.2. The topological polar surface area (TPSA) is 64.7 Å². The third-order valence-electron chi connectivity index (χ3n) is 4.39. The van der Waals surface area contributed by atoms with Gasteiger partial charge in [0.05, 0.1) is 6.54 Å². The number of anilines is 2. The number of amides is 3. The maximum Gasteiger partial charge on any atom is 0.317 e.